The fraction of sp³-hybridized carbons (Fsp3) is 0.333. The van der Waals surface area contributed by atoms with Crippen LogP contribution in [0.2, 0.25) is 0 Å². The monoisotopic (exact) mass is 677 g/mol. The molecule has 0 fully saturated rings. The topological polar surface area (TPSA) is 235 Å². The average Bonchev–Trinajstić information content (AvgIpc) is 3.31. The first-order chi connectivity index (χ1) is 23.3. The molecule has 0 aliphatic carbocycles. The molecule has 3 rings (SSSR count). The van der Waals surface area contributed by atoms with Crippen LogP contribution in [0.5, 0.6) is 0 Å². The number of rotatable bonds is 19. The van der Waals surface area contributed by atoms with E-state index in [1.54, 1.807) is 24.3 Å². The van der Waals surface area contributed by atoms with Gasteiger partial charge in [0.1, 0.15) is 0 Å². The Bertz CT molecular complexity index is 1570. The summed E-state index contributed by atoms with van der Waals surface area (Å²) in [5.74, 6) is 0.0175. The van der Waals surface area contributed by atoms with Gasteiger partial charge in [0.05, 0.1) is 37.6 Å². The number of hydrogen-bond donors (Lipinski definition) is 5. The average molecular weight is 678 g/mol. The van der Waals surface area contributed by atoms with Crippen LogP contribution in [0.1, 0.15) is 48.2 Å². The number of amides is 3. The molecule has 2 aromatic rings. The van der Waals surface area contributed by atoms with Crippen molar-refractivity contribution in [3.8, 4) is 11.8 Å². The maximum Gasteiger partial charge on any atom is 0.317 e. The minimum absolute atomic E-state index is 0.192. The first kappa shape index (κ1) is 37.5. The molecule has 3 amide bonds. The molecule has 0 saturated heterocycles. The molecule has 0 atom stereocenters. The molecular weight excluding hydrogens is 642 g/mol. The van der Waals surface area contributed by atoms with Crippen molar-refractivity contribution in [2.24, 2.45) is 0 Å². The van der Waals surface area contributed by atoms with Crippen molar-refractivity contribution >= 4 is 47.3 Å². The van der Waals surface area contributed by atoms with E-state index in [0.29, 0.717) is 42.6 Å². The van der Waals surface area contributed by atoms with E-state index < -0.39 is 50.1 Å². The summed E-state index contributed by atoms with van der Waals surface area (Å²) in [4.78, 5) is 88.6. The maximum absolute atomic E-state index is 12.4. The van der Waals surface area contributed by atoms with Gasteiger partial charge >= 0.3 is 23.9 Å². The lowest BCUT2D eigenvalue weighted by Crippen LogP contribution is -2.35. The number of benzene rings is 1. The minimum atomic E-state index is -1.26. The highest BCUT2D eigenvalue weighted by Crippen LogP contribution is 2.14. The van der Waals surface area contributed by atoms with Gasteiger partial charge in [0.2, 0.25) is 5.91 Å². The second-order valence-corrected chi connectivity index (χ2v) is 11.1. The van der Waals surface area contributed by atoms with E-state index in [1.807, 2.05) is 0 Å². The second kappa shape index (κ2) is 18.4. The van der Waals surface area contributed by atoms with Crippen LogP contribution >= 0.6 is 0 Å². The van der Waals surface area contributed by atoms with Gasteiger partial charge in [0.25, 0.3) is 11.8 Å². The summed E-state index contributed by atoms with van der Waals surface area (Å²) in [6.07, 6.45) is 4.54. The third-order valence-electron chi connectivity index (χ3n) is 6.84. The van der Waals surface area contributed by atoms with Crippen molar-refractivity contribution in [3.63, 3.8) is 0 Å². The van der Waals surface area contributed by atoms with Crippen molar-refractivity contribution in [3.05, 3.63) is 71.1 Å². The Morgan fingerprint density at radius 2 is 1.14 bits per heavy atom. The van der Waals surface area contributed by atoms with Crippen molar-refractivity contribution in [1.29, 1.82) is 0 Å². The van der Waals surface area contributed by atoms with E-state index in [1.165, 1.54) is 24.3 Å². The fourth-order valence-corrected chi connectivity index (χ4v) is 4.83. The number of carbonyl (C=O) groups is 7. The molecule has 2 heterocycles. The summed E-state index contributed by atoms with van der Waals surface area (Å²) >= 11 is 0. The van der Waals surface area contributed by atoms with Gasteiger partial charge in [-0.2, -0.15) is 0 Å². The molecule has 0 bridgehead atoms. The van der Waals surface area contributed by atoms with E-state index in [4.69, 9.17) is 0 Å². The highest BCUT2D eigenvalue weighted by Gasteiger charge is 2.22. The molecule has 1 aromatic heterocycles. The first-order valence-electron chi connectivity index (χ1n) is 15.0. The Hall–Kier alpha value is -5.92. The second-order valence-electron chi connectivity index (χ2n) is 11.1. The largest absolute Gasteiger partial charge is 0.480 e. The van der Waals surface area contributed by atoms with Gasteiger partial charge in [0, 0.05) is 55.0 Å². The first-order valence-corrected chi connectivity index (χ1v) is 15.0. The van der Waals surface area contributed by atoms with E-state index in [2.05, 4.69) is 22.1 Å². The third kappa shape index (κ3) is 13.8. The van der Waals surface area contributed by atoms with Crippen molar-refractivity contribution < 1.29 is 54.0 Å². The number of aliphatic carboxylic acids is 4. The van der Waals surface area contributed by atoms with Crippen LogP contribution in [-0.2, 0) is 46.7 Å². The lowest BCUT2D eigenvalue weighted by Gasteiger charge is -2.20. The fourth-order valence-electron chi connectivity index (χ4n) is 4.83. The quantitative estimate of drug-likeness (QED) is 0.0788. The summed E-state index contributed by atoms with van der Waals surface area (Å²) in [5, 5.41) is 39.7. The zero-order valence-electron chi connectivity index (χ0n) is 26.3. The SMILES string of the molecule is O=C(O)CN(CC(=O)O)Cc1cc(C#Cc2ccc(NC(=O)CCCCCN3C(=O)C=CC3=O)cc2)cc(CN(CC(=O)O)CC(=O)O)n1. The summed E-state index contributed by atoms with van der Waals surface area (Å²) in [6, 6.07) is 9.72. The number of nitrogens with one attached hydrogen (secondary N) is 1. The van der Waals surface area contributed by atoms with Crippen LogP contribution in [0, 0.1) is 11.8 Å². The predicted molar refractivity (Wildman–Crippen MR) is 171 cm³/mol. The molecule has 0 radical (unpaired) electrons. The number of carbonyl (C=O) groups excluding carboxylic acids is 3. The van der Waals surface area contributed by atoms with E-state index >= 15 is 0 Å². The van der Waals surface area contributed by atoms with Crippen LogP contribution in [0.3, 0.4) is 0 Å². The number of carboxylic acids is 4. The van der Waals surface area contributed by atoms with Gasteiger partial charge < -0.3 is 25.7 Å². The van der Waals surface area contributed by atoms with E-state index in [0.717, 1.165) is 14.7 Å². The Morgan fingerprint density at radius 3 is 1.61 bits per heavy atom. The Kier molecular flexibility index (Phi) is 14.1. The molecule has 16 nitrogen and oxygen atoms in total. The van der Waals surface area contributed by atoms with Crippen LogP contribution in [0.4, 0.5) is 5.69 Å². The Balaban J connectivity index is 1.68. The lowest BCUT2D eigenvalue weighted by atomic mass is 10.1. The highest BCUT2D eigenvalue weighted by atomic mass is 16.4. The highest BCUT2D eigenvalue weighted by molar-refractivity contribution is 6.12. The van der Waals surface area contributed by atoms with Crippen LogP contribution in [-0.4, -0.2) is 114 Å². The van der Waals surface area contributed by atoms with Crippen molar-refractivity contribution in [1.82, 2.24) is 19.7 Å². The van der Waals surface area contributed by atoms with Gasteiger partial charge in [-0.1, -0.05) is 18.3 Å². The molecule has 0 saturated carbocycles. The smallest absolute Gasteiger partial charge is 0.317 e. The van der Waals surface area contributed by atoms with Gasteiger partial charge in [-0.15, -0.1) is 0 Å². The van der Waals surface area contributed by atoms with Gasteiger partial charge in [-0.3, -0.25) is 53.2 Å². The number of nitrogens with zero attached hydrogens (tertiary/aromatic N) is 4. The number of carboxylic acid groups (broad SMARTS) is 4. The number of anilines is 1. The Labute approximate surface area is 280 Å². The summed E-state index contributed by atoms with van der Waals surface area (Å²) in [5.41, 5.74) is 1.96. The van der Waals surface area contributed by atoms with Crippen LogP contribution < -0.4 is 5.32 Å². The third-order valence-corrected chi connectivity index (χ3v) is 6.84. The summed E-state index contributed by atoms with van der Waals surface area (Å²) < 4.78 is 0. The number of unbranched alkanes of at least 4 members (excludes halogenated alkanes) is 2. The molecule has 1 aliphatic rings. The molecule has 0 spiro atoms. The molecule has 16 heteroatoms. The molecule has 5 N–H and O–H groups in total. The van der Waals surface area contributed by atoms with Crippen LogP contribution in [0.15, 0.2) is 48.6 Å². The van der Waals surface area contributed by atoms with Crippen molar-refractivity contribution in [2.75, 3.05) is 38.0 Å². The molecule has 1 aromatic carbocycles. The summed E-state index contributed by atoms with van der Waals surface area (Å²) in [6.45, 7) is -2.44. The zero-order valence-corrected chi connectivity index (χ0v) is 26.3. The Morgan fingerprint density at radius 1 is 0.673 bits per heavy atom. The maximum atomic E-state index is 12.4. The molecule has 1 aliphatic heterocycles. The number of pyridine rings is 1. The molecule has 0 unspecified atom stereocenters. The summed E-state index contributed by atoms with van der Waals surface area (Å²) in [7, 11) is 0. The van der Waals surface area contributed by atoms with E-state index in [9.17, 15) is 54.0 Å². The predicted octanol–water partition coefficient (Wildman–Crippen LogP) is 0.848. The van der Waals surface area contributed by atoms with Crippen molar-refractivity contribution in [2.45, 2.75) is 38.8 Å². The number of aromatic nitrogens is 1. The van der Waals surface area contributed by atoms with Gasteiger partial charge in [-0.25, -0.2) is 0 Å². The van der Waals surface area contributed by atoms with E-state index in [-0.39, 0.29) is 48.6 Å². The number of imide groups is 1. The minimum Gasteiger partial charge on any atom is -0.480 e. The standard InChI is InChI=1S/C33H35N5O11/c39-27(4-2-1-3-13-38-28(40)11-12-29(38)41)35-24-9-7-22(8-10-24)5-6-23-14-25(16-36(18-30(42)43)19-31(44)45)34-26(15-23)17-37(20-32(46)47)21-33(48)49/h7-12,14-15H,1-4,13,16-21H2,(H,35,39)(H,42,43)(H,44,45)(H,46,47)(H,48,49). The zero-order chi connectivity index (χ0) is 35.9. The normalized spacial score (nSPS) is 12.2. The number of hydrogen-bond acceptors (Lipinski definition) is 10. The van der Waals surface area contributed by atoms with Gasteiger partial charge in [0.15, 0.2) is 0 Å². The van der Waals surface area contributed by atoms with Gasteiger partial charge in [-0.05, 0) is 49.2 Å². The lowest BCUT2D eigenvalue weighted by molar-refractivity contribution is -0.144. The molecule has 258 valence electrons. The molecule has 49 heavy (non-hydrogen) atoms. The van der Waals surface area contributed by atoms with Crippen LogP contribution in [0.25, 0.3) is 0 Å². The molecular formula is C33H35N5O11.